The van der Waals surface area contributed by atoms with Crippen LogP contribution in [0.2, 0.25) is 5.02 Å². The zero-order valence-corrected chi connectivity index (χ0v) is 13.0. The zero-order chi connectivity index (χ0) is 14.5. The molecule has 1 heterocycles. The third kappa shape index (κ3) is 3.82. The predicted molar refractivity (Wildman–Crippen MR) is 87.7 cm³/mol. The number of hydrogen-bond acceptors (Lipinski definition) is 4. The second-order valence-electron chi connectivity index (χ2n) is 4.94. The molecule has 0 radical (unpaired) electrons. The third-order valence-corrected chi connectivity index (χ3v) is 4.12. The van der Waals surface area contributed by atoms with Crippen LogP contribution in [0.1, 0.15) is 12.0 Å². The molecule has 110 valence electrons. The highest BCUT2D eigenvalue weighted by molar-refractivity contribution is 7.80. The Morgan fingerprint density at radius 2 is 2.10 bits per heavy atom. The van der Waals surface area contributed by atoms with E-state index in [-0.39, 0.29) is 6.61 Å². The molecule has 1 aromatic carbocycles. The first-order valence-corrected chi connectivity index (χ1v) is 7.58. The minimum Gasteiger partial charge on any atom is -0.395 e. The molecule has 0 aromatic heterocycles. The smallest absolute Gasteiger partial charge is 0.104 e. The first-order chi connectivity index (χ1) is 9.61. The van der Waals surface area contributed by atoms with E-state index in [0.717, 1.165) is 50.4 Å². The number of anilines is 1. The van der Waals surface area contributed by atoms with Gasteiger partial charge in [0.2, 0.25) is 0 Å². The Labute approximate surface area is 130 Å². The molecule has 0 saturated carbocycles. The van der Waals surface area contributed by atoms with Crippen LogP contribution in [-0.2, 0) is 0 Å². The van der Waals surface area contributed by atoms with E-state index in [2.05, 4.69) is 9.80 Å². The lowest BCUT2D eigenvalue weighted by molar-refractivity contribution is 0.204. The van der Waals surface area contributed by atoms with E-state index in [0.29, 0.717) is 10.0 Å². The molecule has 0 spiro atoms. The van der Waals surface area contributed by atoms with Gasteiger partial charge in [-0.25, -0.2) is 0 Å². The number of aliphatic hydroxyl groups excluding tert-OH is 1. The van der Waals surface area contributed by atoms with Crippen molar-refractivity contribution in [3.63, 3.8) is 0 Å². The molecule has 0 unspecified atom stereocenters. The van der Waals surface area contributed by atoms with Gasteiger partial charge in [-0.2, -0.15) is 0 Å². The number of halogens is 1. The highest BCUT2D eigenvalue weighted by atomic mass is 35.5. The fourth-order valence-corrected chi connectivity index (χ4v) is 2.92. The number of β-amino-alcohol motifs (C(OH)–C–C–N with tert-alkyl or cyclic N) is 1. The summed E-state index contributed by atoms with van der Waals surface area (Å²) < 4.78 is 0. The number of nitrogens with zero attached hydrogens (tertiary/aromatic N) is 2. The van der Waals surface area contributed by atoms with Crippen LogP contribution < -0.4 is 10.6 Å². The summed E-state index contributed by atoms with van der Waals surface area (Å²) in [5, 5.41) is 9.71. The minimum absolute atomic E-state index is 0.212. The van der Waals surface area contributed by atoms with Gasteiger partial charge < -0.3 is 15.7 Å². The van der Waals surface area contributed by atoms with E-state index in [1.54, 1.807) is 0 Å². The standard InChI is InChI=1S/C14H20ClN3OS/c15-12-10-11(14(16)20)2-3-13(12)18-5-1-4-17(6-7-18)8-9-19/h2-3,10,19H,1,4-9H2,(H2,16,20). The summed E-state index contributed by atoms with van der Waals surface area (Å²) >= 11 is 11.3. The molecule has 1 aliphatic heterocycles. The van der Waals surface area contributed by atoms with Crippen molar-refractivity contribution in [2.45, 2.75) is 6.42 Å². The van der Waals surface area contributed by atoms with Crippen LogP contribution in [0.15, 0.2) is 18.2 Å². The van der Waals surface area contributed by atoms with Crippen LogP contribution in [0.3, 0.4) is 0 Å². The van der Waals surface area contributed by atoms with Crippen LogP contribution in [0, 0.1) is 0 Å². The lowest BCUT2D eigenvalue weighted by atomic mass is 10.2. The van der Waals surface area contributed by atoms with Gasteiger partial charge in [0.25, 0.3) is 0 Å². The van der Waals surface area contributed by atoms with Crippen molar-refractivity contribution in [3.8, 4) is 0 Å². The molecule has 3 N–H and O–H groups in total. The lowest BCUT2D eigenvalue weighted by Gasteiger charge is -2.24. The van der Waals surface area contributed by atoms with Gasteiger partial charge in [-0.15, -0.1) is 0 Å². The molecule has 0 aliphatic carbocycles. The summed E-state index contributed by atoms with van der Waals surface area (Å²) in [6.45, 7) is 4.78. The molecular formula is C14H20ClN3OS. The Kier molecular flexibility index (Phi) is 5.60. The lowest BCUT2D eigenvalue weighted by Crippen LogP contribution is -2.32. The second-order valence-corrected chi connectivity index (χ2v) is 5.78. The van der Waals surface area contributed by atoms with Gasteiger partial charge in [0.05, 0.1) is 17.3 Å². The molecule has 1 fully saturated rings. The van der Waals surface area contributed by atoms with Crippen molar-refractivity contribution in [2.24, 2.45) is 5.73 Å². The highest BCUT2D eigenvalue weighted by Gasteiger charge is 2.17. The van der Waals surface area contributed by atoms with E-state index in [1.165, 1.54) is 0 Å². The Hall–Kier alpha value is -0.880. The van der Waals surface area contributed by atoms with Crippen LogP contribution in [-0.4, -0.2) is 54.3 Å². The minimum atomic E-state index is 0.212. The van der Waals surface area contributed by atoms with Crippen molar-refractivity contribution >= 4 is 34.5 Å². The molecule has 2 rings (SSSR count). The van der Waals surface area contributed by atoms with Crippen molar-refractivity contribution < 1.29 is 5.11 Å². The number of rotatable bonds is 4. The van der Waals surface area contributed by atoms with Gasteiger partial charge >= 0.3 is 0 Å². The number of benzene rings is 1. The number of nitrogens with two attached hydrogens (primary N) is 1. The van der Waals surface area contributed by atoms with E-state index < -0.39 is 0 Å². The van der Waals surface area contributed by atoms with Gasteiger partial charge in [0, 0.05) is 31.7 Å². The Morgan fingerprint density at radius 1 is 1.30 bits per heavy atom. The van der Waals surface area contributed by atoms with Crippen molar-refractivity contribution in [3.05, 3.63) is 28.8 Å². The predicted octanol–water partition coefficient (Wildman–Crippen LogP) is 1.48. The maximum Gasteiger partial charge on any atom is 0.104 e. The van der Waals surface area contributed by atoms with Crippen molar-refractivity contribution in [2.75, 3.05) is 44.2 Å². The fourth-order valence-electron chi connectivity index (χ4n) is 2.49. The number of hydrogen-bond donors (Lipinski definition) is 2. The SMILES string of the molecule is NC(=S)c1ccc(N2CCCN(CCO)CC2)c(Cl)c1. The molecule has 0 atom stereocenters. The van der Waals surface area contributed by atoms with E-state index in [9.17, 15) is 0 Å². The quantitative estimate of drug-likeness (QED) is 0.825. The monoisotopic (exact) mass is 313 g/mol. The van der Waals surface area contributed by atoms with Gasteiger partial charge in [0.1, 0.15) is 4.99 Å². The molecule has 20 heavy (non-hydrogen) atoms. The average molecular weight is 314 g/mol. The summed E-state index contributed by atoms with van der Waals surface area (Å²) in [6, 6.07) is 5.73. The van der Waals surface area contributed by atoms with Gasteiger partial charge in [0.15, 0.2) is 0 Å². The summed E-state index contributed by atoms with van der Waals surface area (Å²) in [6.07, 6.45) is 1.06. The summed E-state index contributed by atoms with van der Waals surface area (Å²) in [5.74, 6) is 0. The Morgan fingerprint density at radius 3 is 2.75 bits per heavy atom. The maximum atomic E-state index is 9.02. The Bertz CT molecular complexity index is 483. The first kappa shape index (κ1) is 15.5. The second kappa shape index (κ2) is 7.22. The topological polar surface area (TPSA) is 52.7 Å². The van der Waals surface area contributed by atoms with Gasteiger partial charge in [-0.05, 0) is 31.2 Å². The maximum absolute atomic E-state index is 9.02. The average Bonchev–Trinajstić information content (AvgIpc) is 2.65. The van der Waals surface area contributed by atoms with Crippen LogP contribution >= 0.6 is 23.8 Å². The molecule has 0 amide bonds. The molecule has 4 nitrogen and oxygen atoms in total. The zero-order valence-electron chi connectivity index (χ0n) is 11.4. The summed E-state index contributed by atoms with van der Waals surface area (Å²) in [4.78, 5) is 4.92. The van der Waals surface area contributed by atoms with Crippen LogP contribution in [0.5, 0.6) is 0 Å². The van der Waals surface area contributed by atoms with E-state index in [4.69, 9.17) is 34.7 Å². The van der Waals surface area contributed by atoms with Crippen LogP contribution in [0.4, 0.5) is 5.69 Å². The largest absolute Gasteiger partial charge is 0.395 e. The van der Waals surface area contributed by atoms with Crippen LogP contribution in [0.25, 0.3) is 0 Å². The van der Waals surface area contributed by atoms with E-state index in [1.807, 2.05) is 18.2 Å². The Balaban J connectivity index is 2.09. The summed E-state index contributed by atoms with van der Waals surface area (Å²) in [5.41, 5.74) is 7.44. The van der Waals surface area contributed by atoms with E-state index >= 15 is 0 Å². The van der Waals surface area contributed by atoms with Crippen molar-refractivity contribution in [1.29, 1.82) is 0 Å². The molecule has 1 saturated heterocycles. The number of thiocarbonyl (C=S) groups is 1. The number of aliphatic hydroxyl groups is 1. The molecule has 0 bridgehead atoms. The first-order valence-electron chi connectivity index (χ1n) is 6.79. The highest BCUT2D eigenvalue weighted by Crippen LogP contribution is 2.27. The molecule has 1 aliphatic rings. The molecular weight excluding hydrogens is 294 g/mol. The molecule has 1 aromatic rings. The molecule has 6 heteroatoms. The fraction of sp³-hybridized carbons (Fsp3) is 0.500. The van der Waals surface area contributed by atoms with Gasteiger partial charge in [-0.3, -0.25) is 4.90 Å². The summed E-state index contributed by atoms with van der Waals surface area (Å²) in [7, 11) is 0. The van der Waals surface area contributed by atoms with Gasteiger partial charge in [-0.1, -0.05) is 23.8 Å². The van der Waals surface area contributed by atoms with Crippen molar-refractivity contribution in [1.82, 2.24) is 4.90 Å². The normalized spacial score (nSPS) is 17.0. The third-order valence-electron chi connectivity index (χ3n) is 3.58.